The van der Waals surface area contributed by atoms with E-state index in [1.165, 1.54) is 6.07 Å². The number of aliphatic hydroxyl groups is 1. The molecule has 1 aliphatic carbocycles. The molecule has 4 rings (SSSR count). The number of ether oxygens (including phenoxy) is 1. The maximum absolute atomic E-state index is 14.1. The van der Waals surface area contributed by atoms with Gasteiger partial charge in [0, 0.05) is 19.5 Å². The van der Waals surface area contributed by atoms with Crippen molar-refractivity contribution < 1.29 is 14.2 Å². The molecular formula is C23H29ClFNO2. The van der Waals surface area contributed by atoms with Crippen LogP contribution in [0, 0.1) is 11.7 Å². The Hall–Kier alpha value is -1.46. The summed E-state index contributed by atoms with van der Waals surface area (Å²) in [6, 6.07) is 14.9. The number of nitrogens with one attached hydrogen (secondary N) is 1. The maximum atomic E-state index is 14.1. The molecule has 1 saturated heterocycles. The predicted molar refractivity (Wildman–Crippen MR) is 112 cm³/mol. The fourth-order valence-corrected chi connectivity index (χ4v) is 4.75. The lowest BCUT2D eigenvalue weighted by Crippen LogP contribution is -2.57. The third kappa shape index (κ3) is 4.41. The molecule has 3 nitrogen and oxygen atoms in total. The summed E-state index contributed by atoms with van der Waals surface area (Å²) < 4.78 is 20.1. The molecule has 152 valence electrons. The van der Waals surface area contributed by atoms with E-state index in [0.717, 1.165) is 48.9 Å². The molecule has 2 aromatic carbocycles. The molecule has 2 atom stereocenters. The largest absolute Gasteiger partial charge is 0.386 e. The quantitative estimate of drug-likeness (QED) is 0.776. The number of hydrogen-bond donors (Lipinski definition) is 2. The Labute approximate surface area is 172 Å². The number of halogens is 2. The Morgan fingerprint density at radius 3 is 2.54 bits per heavy atom. The molecule has 28 heavy (non-hydrogen) atoms. The highest BCUT2D eigenvalue weighted by atomic mass is 35.5. The van der Waals surface area contributed by atoms with Crippen LogP contribution in [0.1, 0.15) is 31.2 Å². The summed E-state index contributed by atoms with van der Waals surface area (Å²) in [5.41, 5.74) is 1.90. The van der Waals surface area contributed by atoms with Crippen LogP contribution in [0.3, 0.4) is 0 Å². The molecule has 2 N–H and O–H groups in total. The van der Waals surface area contributed by atoms with E-state index in [1.54, 1.807) is 6.07 Å². The number of rotatable bonds is 5. The Balaban J connectivity index is 0.00000225. The predicted octanol–water partition coefficient (Wildman–Crippen LogP) is 4.37. The topological polar surface area (TPSA) is 41.5 Å². The standard InChI is InChI=1S/C23H28FNO2.ClH/c24-20-10-11-21(17-6-2-1-3-7-17)18(14-20)15-23(26,19-8-4-5-9-19)22-16-25-12-13-27-22;/h1-3,6-7,10-11,14,19,22,25-26H,4-5,8-9,12-13,15-16H2;1H. The summed E-state index contributed by atoms with van der Waals surface area (Å²) in [6.07, 6.45) is 4.44. The molecular weight excluding hydrogens is 377 g/mol. The lowest BCUT2D eigenvalue weighted by Gasteiger charge is -2.43. The normalized spacial score (nSPS) is 22.4. The molecule has 1 heterocycles. The van der Waals surface area contributed by atoms with E-state index in [-0.39, 0.29) is 30.2 Å². The van der Waals surface area contributed by atoms with Crippen LogP contribution in [0.5, 0.6) is 0 Å². The van der Waals surface area contributed by atoms with Crippen LogP contribution < -0.4 is 5.32 Å². The molecule has 1 aliphatic heterocycles. The van der Waals surface area contributed by atoms with Gasteiger partial charge in [0.25, 0.3) is 0 Å². The Bertz CT molecular complexity index is 760. The van der Waals surface area contributed by atoms with Crippen LogP contribution in [0.15, 0.2) is 48.5 Å². The molecule has 0 spiro atoms. The molecule has 5 heteroatoms. The summed E-state index contributed by atoms with van der Waals surface area (Å²) >= 11 is 0. The summed E-state index contributed by atoms with van der Waals surface area (Å²) in [4.78, 5) is 0. The van der Waals surface area contributed by atoms with Gasteiger partial charge < -0.3 is 15.2 Å². The molecule has 2 unspecified atom stereocenters. The third-order valence-electron chi connectivity index (χ3n) is 6.17. The van der Waals surface area contributed by atoms with Crippen molar-refractivity contribution in [3.8, 4) is 11.1 Å². The summed E-state index contributed by atoms with van der Waals surface area (Å²) in [5, 5.41) is 15.2. The van der Waals surface area contributed by atoms with Crippen molar-refractivity contribution in [1.29, 1.82) is 0 Å². The second kappa shape index (κ2) is 9.36. The van der Waals surface area contributed by atoms with Crippen molar-refractivity contribution >= 4 is 12.4 Å². The minimum Gasteiger partial charge on any atom is -0.386 e. The van der Waals surface area contributed by atoms with Gasteiger partial charge in [-0.05, 0) is 47.6 Å². The van der Waals surface area contributed by atoms with Crippen molar-refractivity contribution in [2.24, 2.45) is 5.92 Å². The van der Waals surface area contributed by atoms with Crippen molar-refractivity contribution in [3.05, 3.63) is 59.9 Å². The van der Waals surface area contributed by atoms with Gasteiger partial charge >= 0.3 is 0 Å². The third-order valence-corrected chi connectivity index (χ3v) is 6.17. The fraction of sp³-hybridized carbons (Fsp3) is 0.478. The summed E-state index contributed by atoms with van der Waals surface area (Å²) in [5.74, 6) is -0.0737. The van der Waals surface area contributed by atoms with E-state index in [1.807, 2.05) is 36.4 Å². The minimum atomic E-state index is -0.985. The lowest BCUT2D eigenvalue weighted by molar-refractivity contribution is -0.147. The van der Waals surface area contributed by atoms with Gasteiger partial charge in [0.1, 0.15) is 5.82 Å². The van der Waals surface area contributed by atoms with E-state index in [2.05, 4.69) is 5.32 Å². The molecule has 0 radical (unpaired) electrons. The minimum absolute atomic E-state index is 0. The molecule has 2 fully saturated rings. The van der Waals surface area contributed by atoms with Crippen LogP contribution >= 0.6 is 12.4 Å². The second-order valence-electron chi connectivity index (χ2n) is 7.88. The highest BCUT2D eigenvalue weighted by molar-refractivity contribution is 5.85. The molecule has 0 amide bonds. The van der Waals surface area contributed by atoms with Gasteiger partial charge in [0.15, 0.2) is 0 Å². The maximum Gasteiger partial charge on any atom is 0.123 e. The molecule has 1 saturated carbocycles. The summed E-state index contributed by atoms with van der Waals surface area (Å²) in [7, 11) is 0. The monoisotopic (exact) mass is 405 g/mol. The van der Waals surface area contributed by atoms with Gasteiger partial charge in [-0.25, -0.2) is 4.39 Å². The first-order chi connectivity index (χ1) is 13.2. The van der Waals surface area contributed by atoms with Gasteiger partial charge in [-0.15, -0.1) is 12.4 Å². The fourth-order valence-electron chi connectivity index (χ4n) is 4.75. The number of morpholine rings is 1. The first-order valence-electron chi connectivity index (χ1n) is 10.1. The highest BCUT2D eigenvalue weighted by Crippen LogP contribution is 2.41. The lowest BCUT2D eigenvalue weighted by atomic mass is 9.75. The van der Waals surface area contributed by atoms with Crippen LogP contribution in [0.2, 0.25) is 0 Å². The van der Waals surface area contributed by atoms with E-state index in [4.69, 9.17) is 4.74 Å². The van der Waals surface area contributed by atoms with Crippen LogP contribution in [-0.2, 0) is 11.2 Å². The first-order valence-corrected chi connectivity index (χ1v) is 10.1. The van der Waals surface area contributed by atoms with E-state index < -0.39 is 5.60 Å². The Morgan fingerprint density at radius 2 is 1.86 bits per heavy atom. The molecule has 0 bridgehead atoms. The van der Waals surface area contributed by atoms with E-state index in [9.17, 15) is 9.50 Å². The van der Waals surface area contributed by atoms with Gasteiger partial charge in [0.2, 0.25) is 0 Å². The average Bonchev–Trinajstić information content (AvgIpc) is 3.25. The van der Waals surface area contributed by atoms with Crippen molar-refractivity contribution in [2.45, 2.75) is 43.8 Å². The zero-order valence-corrected chi connectivity index (χ0v) is 16.9. The molecule has 2 aromatic rings. The Morgan fingerprint density at radius 1 is 1.11 bits per heavy atom. The zero-order chi connectivity index (χ0) is 18.7. The van der Waals surface area contributed by atoms with Gasteiger partial charge in [0.05, 0.1) is 18.3 Å². The Kier molecular flexibility index (Phi) is 7.10. The molecule has 0 aromatic heterocycles. The average molecular weight is 406 g/mol. The second-order valence-corrected chi connectivity index (χ2v) is 7.88. The smallest absolute Gasteiger partial charge is 0.123 e. The van der Waals surface area contributed by atoms with Crippen LogP contribution in [0.25, 0.3) is 11.1 Å². The van der Waals surface area contributed by atoms with Crippen LogP contribution in [-0.4, -0.2) is 36.5 Å². The van der Waals surface area contributed by atoms with Crippen molar-refractivity contribution in [3.63, 3.8) is 0 Å². The highest BCUT2D eigenvalue weighted by Gasteiger charge is 2.46. The van der Waals surface area contributed by atoms with Crippen molar-refractivity contribution in [1.82, 2.24) is 5.32 Å². The summed E-state index contributed by atoms with van der Waals surface area (Å²) in [6.45, 7) is 2.06. The number of benzene rings is 2. The van der Waals surface area contributed by atoms with Gasteiger partial charge in [-0.3, -0.25) is 0 Å². The van der Waals surface area contributed by atoms with Crippen LogP contribution in [0.4, 0.5) is 4.39 Å². The zero-order valence-electron chi connectivity index (χ0n) is 16.1. The van der Waals surface area contributed by atoms with Gasteiger partial charge in [-0.1, -0.05) is 49.2 Å². The SMILES string of the molecule is Cl.OC(Cc1cc(F)ccc1-c1ccccc1)(C1CCCC1)C1CNCCO1. The van der Waals surface area contributed by atoms with E-state index >= 15 is 0 Å². The molecule has 2 aliphatic rings. The van der Waals surface area contributed by atoms with Crippen molar-refractivity contribution in [2.75, 3.05) is 19.7 Å². The first kappa shape index (κ1) is 21.3. The number of hydrogen-bond acceptors (Lipinski definition) is 3. The van der Waals surface area contributed by atoms with E-state index in [0.29, 0.717) is 19.6 Å². The van der Waals surface area contributed by atoms with Gasteiger partial charge in [-0.2, -0.15) is 0 Å².